The molecule has 1 spiro atoms. The highest BCUT2D eigenvalue weighted by atomic mass is 32.2. The molecule has 3 aromatic rings. The number of hydrogen-bond donors (Lipinski definition) is 1. The van der Waals surface area contributed by atoms with Crippen LogP contribution in [0, 0.1) is 16.0 Å². The normalized spacial score (nSPS) is 27.4. The van der Waals surface area contributed by atoms with E-state index in [-0.39, 0.29) is 29.1 Å². The van der Waals surface area contributed by atoms with Crippen molar-refractivity contribution >= 4 is 34.8 Å². The quantitative estimate of drug-likeness (QED) is 0.350. The second-order valence-corrected chi connectivity index (χ2v) is 9.74. The van der Waals surface area contributed by atoms with Gasteiger partial charge >= 0.3 is 0 Å². The van der Waals surface area contributed by atoms with Crippen molar-refractivity contribution in [2.45, 2.75) is 17.5 Å². The fourth-order valence-electron chi connectivity index (χ4n) is 5.92. The Labute approximate surface area is 199 Å². The number of thioether (sulfide) groups is 1. The van der Waals surface area contributed by atoms with Crippen molar-refractivity contribution in [1.29, 1.82) is 0 Å². The molecule has 2 fully saturated rings. The van der Waals surface area contributed by atoms with Crippen LogP contribution in [0.1, 0.15) is 27.5 Å². The van der Waals surface area contributed by atoms with Crippen LogP contribution in [-0.4, -0.2) is 44.2 Å². The van der Waals surface area contributed by atoms with Crippen LogP contribution in [0.3, 0.4) is 0 Å². The van der Waals surface area contributed by atoms with E-state index in [9.17, 15) is 19.7 Å². The summed E-state index contributed by atoms with van der Waals surface area (Å²) in [5.41, 5.74) is 1.20. The lowest BCUT2D eigenvalue weighted by molar-refractivity contribution is -0.384. The average Bonchev–Trinajstić information content (AvgIpc) is 3.52. The molecule has 0 bridgehead atoms. The number of para-hydroxylation sites is 1. The van der Waals surface area contributed by atoms with Gasteiger partial charge in [-0.05, 0) is 23.8 Å². The van der Waals surface area contributed by atoms with Crippen molar-refractivity contribution in [3.05, 3.63) is 99.9 Å². The molecule has 2 saturated heterocycles. The van der Waals surface area contributed by atoms with Gasteiger partial charge in [0.2, 0.25) is 5.91 Å². The molecule has 0 radical (unpaired) electrons. The number of carbonyl (C=O) groups is 2. The maximum Gasteiger partial charge on any atom is 0.269 e. The highest BCUT2D eigenvalue weighted by Crippen LogP contribution is 2.61. The Morgan fingerprint density at radius 1 is 1.15 bits per heavy atom. The van der Waals surface area contributed by atoms with E-state index in [0.717, 1.165) is 11.3 Å². The zero-order valence-corrected chi connectivity index (χ0v) is 18.8. The number of aromatic nitrogens is 1. The molecule has 0 unspecified atom stereocenters. The van der Waals surface area contributed by atoms with E-state index in [1.165, 1.54) is 6.07 Å². The predicted octanol–water partition coefficient (Wildman–Crippen LogP) is 3.81. The second kappa shape index (κ2) is 7.75. The van der Waals surface area contributed by atoms with Crippen LogP contribution < -0.4 is 5.32 Å². The van der Waals surface area contributed by atoms with Crippen LogP contribution in [-0.2, 0) is 10.3 Å². The van der Waals surface area contributed by atoms with Crippen molar-refractivity contribution < 1.29 is 14.5 Å². The van der Waals surface area contributed by atoms with Crippen LogP contribution >= 0.6 is 11.8 Å². The molecule has 0 saturated carbocycles. The van der Waals surface area contributed by atoms with Gasteiger partial charge in [-0.3, -0.25) is 29.6 Å². The highest BCUT2D eigenvalue weighted by Gasteiger charge is 2.69. The molecule has 8 nitrogen and oxygen atoms in total. The molecule has 9 heteroatoms. The number of amides is 1. The van der Waals surface area contributed by atoms with Crippen LogP contribution in [0.2, 0.25) is 0 Å². The molecule has 3 aliphatic heterocycles. The molecule has 4 heterocycles. The molecule has 1 amide bonds. The molecule has 6 rings (SSSR count). The zero-order valence-electron chi connectivity index (χ0n) is 18.0. The number of anilines is 1. The van der Waals surface area contributed by atoms with Gasteiger partial charge < -0.3 is 5.32 Å². The fraction of sp³-hybridized carbons (Fsp3) is 0.240. The number of pyridine rings is 1. The van der Waals surface area contributed by atoms with Crippen LogP contribution in [0.15, 0.2) is 72.9 Å². The second-order valence-electron chi connectivity index (χ2n) is 8.74. The minimum Gasteiger partial charge on any atom is -0.324 e. The van der Waals surface area contributed by atoms with E-state index < -0.39 is 22.3 Å². The number of nitrogens with zero attached hydrogens (tertiary/aromatic N) is 3. The van der Waals surface area contributed by atoms with Gasteiger partial charge in [-0.1, -0.05) is 36.4 Å². The first-order chi connectivity index (χ1) is 16.5. The molecule has 1 aromatic heterocycles. The summed E-state index contributed by atoms with van der Waals surface area (Å²) in [6, 6.07) is 19.0. The first-order valence-corrected chi connectivity index (χ1v) is 12.1. The third-order valence-electron chi connectivity index (χ3n) is 7.19. The standard InChI is InChI=1S/C25H20N4O4S/c30-23(19-10-3-4-11-26-19)22-21(15-6-5-7-16(12-15)29(32)33)20-13-34-14-28(20)25(22)17-8-1-2-9-18(17)27-24(25)31/h1-12,20-22H,13-14H2,(H,27,31)/t20-,21-,22+,25+/m1/s1. The molecular weight excluding hydrogens is 452 g/mol. The van der Waals surface area contributed by atoms with Crippen molar-refractivity contribution in [3.63, 3.8) is 0 Å². The highest BCUT2D eigenvalue weighted by molar-refractivity contribution is 7.99. The molecule has 0 aliphatic carbocycles. The van der Waals surface area contributed by atoms with Gasteiger partial charge in [-0.2, -0.15) is 0 Å². The third kappa shape index (κ3) is 2.80. The summed E-state index contributed by atoms with van der Waals surface area (Å²) in [6.45, 7) is 0. The predicted molar refractivity (Wildman–Crippen MR) is 128 cm³/mol. The van der Waals surface area contributed by atoms with E-state index in [0.29, 0.717) is 17.1 Å². The van der Waals surface area contributed by atoms with Crippen molar-refractivity contribution in [3.8, 4) is 0 Å². The Bertz CT molecular complexity index is 1330. The number of nitrogens with one attached hydrogen (secondary N) is 1. The maximum atomic E-state index is 14.2. The smallest absolute Gasteiger partial charge is 0.269 e. The lowest BCUT2D eigenvalue weighted by Crippen LogP contribution is -2.52. The topological polar surface area (TPSA) is 105 Å². The summed E-state index contributed by atoms with van der Waals surface area (Å²) in [5.74, 6) is -0.368. The van der Waals surface area contributed by atoms with E-state index in [1.807, 2.05) is 30.3 Å². The first kappa shape index (κ1) is 21.0. The van der Waals surface area contributed by atoms with E-state index in [4.69, 9.17) is 0 Å². The van der Waals surface area contributed by atoms with Gasteiger partial charge in [-0.15, -0.1) is 11.8 Å². The number of nitro groups is 1. The fourth-order valence-corrected chi connectivity index (χ4v) is 7.24. The van der Waals surface area contributed by atoms with E-state index >= 15 is 0 Å². The number of ketones is 1. The van der Waals surface area contributed by atoms with Crippen LogP contribution in [0.25, 0.3) is 0 Å². The van der Waals surface area contributed by atoms with Crippen molar-refractivity contribution in [2.75, 3.05) is 16.9 Å². The monoisotopic (exact) mass is 472 g/mol. The summed E-state index contributed by atoms with van der Waals surface area (Å²) in [7, 11) is 0. The first-order valence-electron chi connectivity index (χ1n) is 11.0. The summed E-state index contributed by atoms with van der Waals surface area (Å²) in [4.78, 5) is 45.6. The van der Waals surface area contributed by atoms with E-state index in [1.54, 1.807) is 48.3 Å². The summed E-state index contributed by atoms with van der Waals surface area (Å²) in [6.07, 6.45) is 1.57. The van der Waals surface area contributed by atoms with Gasteiger partial charge in [-0.25, -0.2) is 0 Å². The molecule has 2 aromatic carbocycles. The molecule has 170 valence electrons. The van der Waals surface area contributed by atoms with Gasteiger partial charge in [0.05, 0.1) is 10.8 Å². The molecular formula is C25H20N4O4S. The number of hydrogen-bond acceptors (Lipinski definition) is 7. The third-order valence-corrected chi connectivity index (χ3v) is 8.23. The van der Waals surface area contributed by atoms with Crippen molar-refractivity contribution in [2.24, 2.45) is 5.92 Å². The lowest BCUT2D eigenvalue weighted by atomic mass is 9.70. The molecule has 34 heavy (non-hydrogen) atoms. The largest absolute Gasteiger partial charge is 0.324 e. The Morgan fingerprint density at radius 2 is 1.97 bits per heavy atom. The Balaban J connectivity index is 1.62. The number of benzene rings is 2. The summed E-state index contributed by atoms with van der Waals surface area (Å²) < 4.78 is 0. The summed E-state index contributed by atoms with van der Waals surface area (Å²) in [5, 5.41) is 14.6. The van der Waals surface area contributed by atoms with Gasteiger partial charge in [0, 0.05) is 53.2 Å². The summed E-state index contributed by atoms with van der Waals surface area (Å²) >= 11 is 1.71. The number of rotatable bonds is 4. The van der Waals surface area contributed by atoms with Crippen molar-refractivity contribution in [1.82, 2.24) is 9.88 Å². The molecule has 4 atom stereocenters. The number of fused-ring (bicyclic) bond motifs is 4. The van der Waals surface area contributed by atoms with Crippen LogP contribution in [0.5, 0.6) is 0 Å². The Morgan fingerprint density at radius 3 is 2.76 bits per heavy atom. The Kier molecular flexibility index (Phi) is 4.79. The Hall–Kier alpha value is -3.56. The number of nitro benzene ring substituents is 1. The number of Topliss-reactive ketones (excluding diaryl/α,β-unsaturated/α-hetero) is 1. The molecule has 3 aliphatic rings. The minimum absolute atomic E-state index is 0.0315. The van der Waals surface area contributed by atoms with E-state index in [2.05, 4.69) is 15.2 Å². The van der Waals surface area contributed by atoms with Crippen LogP contribution in [0.4, 0.5) is 11.4 Å². The zero-order chi connectivity index (χ0) is 23.4. The lowest BCUT2D eigenvalue weighted by Gasteiger charge is -2.36. The minimum atomic E-state index is -1.21. The molecule has 1 N–H and O–H groups in total. The average molecular weight is 473 g/mol. The van der Waals surface area contributed by atoms with Gasteiger partial charge in [0.1, 0.15) is 11.2 Å². The maximum absolute atomic E-state index is 14.2. The van der Waals surface area contributed by atoms with Gasteiger partial charge in [0.15, 0.2) is 5.78 Å². The number of carbonyl (C=O) groups excluding carboxylic acids is 2. The van der Waals surface area contributed by atoms with Gasteiger partial charge in [0.25, 0.3) is 5.69 Å². The number of non-ortho nitro benzene ring substituents is 1. The SMILES string of the molecule is O=C(c1ccccn1)[C@@H]1[C@H](c2cccc([N+](=O)[O-])c2)[C@H]2CSCN2[C@]12C(=O)Nc1ccccc12.